The fourth-order valence-corrected chi connectivity index (χ4v) is 5.16. The zero-order chi connectivity index (χ0) is 24.9. The van der Waals surface area contributed by atoms with Gasteiger partial charge in [-0.05, 0) is 61.0 Å². The average Bonchev–Trinajstić information content (AvgIpc) is 3.71. The molecule has 2 amide bonds. The summed E-state index contributed by atoms with van der Waals surface area (Å²) in [5.41, 5.74) is 2.22. The van der Waals surface area contributed by atoms with E-state index in [-0.39, 0.29) is 24.5 Å². The molecule has 0 bridgehead atoms. The van der Waals surface area contributed by atoms with Crippen LogP contribution in [0.2, 0.25) is 0 Å². The quantitative estimate of drug-likeness (QED) is 0.323. The molecule has 186 valence electrons. The van der Waals surface area contributed by atoms with Crippen molar-refractivity contribution in [1.29, 1.82) is 0 Å². The lowest BCUT2D eigenvalue weighted by Crippen LogP contribution is -2.45. The first-order valence-electron chi connectivity index (χ1n) is 12.1. The molecule has 1 saturated heterocycles. The van der Waals surface area contributed by atoms with E-state index >= 15 is 0 Å². The van der Waals surface area contributed by atoms with Crippen molar-refractivity contribution in [3.8, 4) is 11.3 Å². The second-order valence-electron chi connectivity index (χ2n) is 8.90. The normalized spacial score (nSPS) is 16.1. The summed E-state index contributed by atoms with van der Waals surface area (Å²) in [5.74, 6) is 0.533. The van der Waals surface area contributed by atoms with Gasteiger partial charge < -0.3 is 24.4 Å². The van der Waals surface area contributed by atoms with Gasteiger partial charge in [0.15, 0.2) is 6.04 Å². The van der Waals surface area contributed by atoms with Gasteiger partial charge in [0.05, 0.1) is 12.6 Å². The van der Waals surface area contributed by atoms with E-state index in [2.05, 4.69) is 10.3 Å². The van der Waals surface area contributed by atoms with Crippen molar-refractivity contribution in [3.63, 3.8) is 0 Å². The van der Waals surface area contributed by atoms with Crippen LogP contribution in [0.4, 0.5) is 0 Å². The SMILES string of the molecule is Cc1ccc([C@H](C(=O)NC[C@H]2CCCO2)N(Cc2cccs2)C(=O)c2ccc(-c3ccccc3)[nH]2)o1. The van der Waals surface area contributed by atoms with E-state index in [1.54, 1.807) is 28.4 Å². The van der Waals surface area contributed by atoms with Crippen molar-refractivity contribution in [1.82, 2.24) is 15.2 Å². The second kappa shape index (κ2) is 11.0. The zero-order valence-corrected chi connectivity index (χ0v) is 20.9. The topological polar surface area (TPSA) is 87.6 Å². The number of amides is 2. The number of ether oxygens (including phenoxy) is 1. The molecular formula is C28H29N3O4S. The summed E-state index contributed by atoms with van der Waals surface area (Å²) in [7, 11) is 0. The number of aryl methyl sites for hydroxylation is 1. The van der Waals surface area contributed by atoms with Gasteiger partial charge in [0.2, 0.25) is 0 Å². The first-order chi connectivity index (χ1) is 17.6. The Bertz CT molecular complexity index is 1290. The molecular weight excluding hydrogens is 474 g/mol. The molecule has 7 nitrogen and oxygen atoms in total. The van der Waals surface area contributed by atoms with Crippen LogP contribution >= 0.6 is 11.3 Å². The molecule has 4 heterocycles. The number of benzene rings is 1. The number of hydrogen-bond donors (Lipinski definition) is 2. The van der Waals surface area contributed by atoms with Gasteiger partial charge in [0.25, 0.3) is 11.8 Å². The molecule has 1 aliphatic rings. The van der Waals surface area contributed by atoms with Gasteiger partial charge in [0.1, 0.15) is 17.2 Å². The molecule has 0 spiro atoms. The number of hydrogen-bond acceptors (Lipinski definition) is 5. The number of rotatable bonds is 9. The third kappa shape index (κ3) is 5.45. The van der Waals surface area contributed by atoms with Crippen LogP contribution in [-0.4, -0.2) is 41.0 Å². The summed E-state index contributed by atoms with van der Waals surface area (Å²) in [6.45, 7) is 3.21. The Morgan fingerprint density at radius 1 is 1.11 bits per heavy atom. The predicted molar refractivity (Wildman–Crippen MR) is 139 cm³/mol. The van der Waals surface area contributed by atoms with Crippen LogP contribution in [0.15, 0.2) is 76.5 Å². The van der Waals surface area contributed by atoms with E-state index in [4.69, 9.17) is 9.15 Å². The summed E-state index contributed by atoms with van der Waals surface area (Å²) >= 11 is 1.54. The maximum absolute atomic E-state index is 14.0. The molecule has 0 unspecified atom stereocenters. The number of carbonyl (C=O) groups excluding carboxylic acids is 2. The van der Waals surface area contributed by atoms with Crippen LogP contribution in [0.25, 0.3) is 11.3 Å². The van der Waals surface area contributed by atoms with Gasteiger partial charge in [-0.1, -0.05) is 36.4 Å². The molecule has 8 heteroatoms. The molecule has 0 radical (unpaired) electrons. The lowest BCUT2D eigenvalue weighted by Gasteiger charge is -2.29. The van der Waals surface area contributed by atoms with Crippen molar-refractivity contribution in [2.45, 2.75) is 38.5 Å². The molecule has 2 N–H and O–H groups in total. The van der Waals surface area contributed by atoms with Gasteiger partial charge in [-0.15, -0.1) is 11.3 Å². The summed E-state index contributed by atoms with van der Waals surface area (Å²) < 4.78 is 11.6. The first kappa shape index (κ1) is 24.1. The van der Waals surface area contributed by atoms with E-state index in [0.29, 0.717) is 30.4 Å². The molecule has 1 aromatic carbocycles. The van der Waals surface area contributed by atoms with Crippen LogP contribution < -0.4 is 5.32 Å². The molecule has 4 aromatic rings. The maximum atomic E-state index is 14.0. The Morgan fingerprint density at radius 2 is 1.97 bits per heavy atom. The van der Waals surface area contributed by atoms with E-state index in [0.717, 1.165) is 29.0 Å². The van der Waals surface area contributed by atoms with Gasteiger partial charge in [-0.3, -0.25) is 9.59 Å². The minimum absolute atomic E-state index is 0.00813. The number of aromatic amines is 1. The van der Waals surface area contributed by atoms with Crippen LogP contribution in [0.3, 0.4) is 0 Å². The highest BCUT2D eigenvalue weighted by molar-refractivity contribution is 7.09. The number of nitrogens with zero attached hydrogens (tertiary/aromatic N) is 1. The number of nitrogens with one attached hydrogen (secondary N) is 2. The van der Waals surface area contributed by atoms with Gasteiger partial charge in [0, 0.05) is 23.7 Å². The van der Waals surface area contributed by atoms with Gasteiger partial charge >= 0.3 is 0 Å². The Balaban J connectivity index is 1.47. The van der Waals surface area contributed by atoms with Crippen molar-refractivity contribution in [2.24, 2.45) is 0 Å². The summed E-state index contributed by atoms with van der Waals surface area (Å²) in [4.78, 5) is 33.4. The van der Waals surface area contributed by atoms with Gasteiger partial charge in [-0.25, -0.2) is 0 Å². The Labute approximate surface area is 214 Å². The van der Waals surface area contributed by atoms with Crippen LogP contribution in [0, 0.1) is 6.92 Å². The standard InChI is InChI=1S/C28H29N3O4S/c1-19-11-14-25(35-19)26(27(32)29-17-21-9-5-15-34-21)31(18-22-10-6-16-36-22)28(33)24-13-12-23(30-24)20-7-3-2-4-8-20/h2-4,6-8,10-14,16,21,26,30H,5,9,15,17-18H2,1H3,(H,29,32)/t21-,26-/m1/s1. The second-order valence-corrected chi connectivity index (χ2v) is 9.93. The lowest BCUT2D eigenvalue weighted by molar-refractivity contribution is -0.127. The van der Waals surface area contributed by atoms with Crippen LogP contribution in [0.1, 0.15) is 45.8 Å². The van der Waals surface area contributed by atoms with Crippen molar-refractivity contribution in [3.05, 3.63) is 94.2 Å². The zero-order valence-electron chi connectivity index (χ0n) is 20.1. The summed E-state index contributed by atoms with van der Waals surface area (Å²) in [5, 5.41) is 4.97. The number of H-pyrrole nitrogens is 1. The van der Waals surface area contributed by atoms with E-state index in [9.17, 15) is 9.59 Å². The van der Waals surface area contributed by atoms with Crippen molar-refractivity contribution in [2.75, 3.05) is 13.2 Å². The number of furan rings is 1. The smallest absolute Gasteiger partial charge is 0.271 e. The molecule has 5 rings (SSSR count). The Hall–Kier alpha value is -3.62. The molecule has 1 aliphatic heterocycles. The Kier molecular flexibility index (Phi) is 7.34. The molecule has 2 atom stereocenters. The van der Waals surface area contributed by atoms with E-state index in [1.807, 2.05) is 66.9 Å². The molecule has 3 aromatic heterocycles. The predicted octanol–water partition coefficient (Wildman–Crippen LogP) is 5.32. The van der Waals surface area contributed by atoms with E-state index in [1.165, 1.54) is 0 Å². The highest BCUT2D eigenvalue weighted by atomic mass is 32.1. The molecule has 1 fully saturated rings. The Morgan fingerprint density at radius 3 is 2.67 bits per heavy atom. The minimum atomic E-state index is -0.932. The first-order valence-corrected chi connectivity index (χ1v) is 13.0. The van der Waals surface area contributed by atoms with Crippen LogP contribution in [0.5, 0.6) is 0 Å². The van der Waals surface area contributed by atoms with Crippen molar-refractivity contribution < 1.29 is 18.7 Å². The van der Waals surface area contributed by atoms with Crippen LogP contribution in [-0.2, 0) is 16.1 Å². The fourth-order valence-electron chi connectivity index (χ4n) is 4.45. The number of carbonyl (C=O) groups is 2. The third-order valence-corrected chi connectivity index (χ3v) is 7.15. The third-order valence-electron chi connectivity index (χ3n) is 6.29. The maximum Gasteiger partial charge on any atom is 0.271 e. The fraction of sp³-hybridized carbons (Fsp3) is 0.286. The minimum Gasteiger partial charge on any atom is -0.464 e. The molecule has 0 aliphatic carbocycles. The summed E-state index contributed by atoms with van der Waals surface area (Å²) in [6, 6.07) is 20.0. The molecule has 0 saturated carbocycles. The lowest BCUT2D eigenvalue weighted by atomic mass is 10.1. The van der Waals surface area contributed by atoms with E-state index < -0.39 is 6.04 Å². The largest absolute Gasteiger partial charge is 0.464 e. The highest BCUT2D eigenvalue weighted by Gasteiger charge is 2.35. The average molecular weight is 504 g/mol. The number of aromatic nitrogens is 1. The van der Waals surface area contributed by atoms with Crippen molar-refractivity contribution >= 4 is 23.2 Å². The monoisotopic (exact) mass is 503 g/mol. The van der Waals surface area contributed by atoms with Gasteiger partial charge in [-0.2, -0.15) is 0 Å². The number of thiophene rings is 1. The summed E-state index contributed by atoms with van der Waals surface area (Å²) in [6.07, 6.45) is 1.89. The highest BCUT2D eigenvalue weighted by Crippen LogP contribution is 2.29. The molecule has 36 heavy (non-hydrogen) atoms.